The van der Waals surface area contributed by atoms with Crippen LogP contribution in [0.3, 0.4) is 0 Å². The third-order valence-electron chi connectivity index (χ3n) is 2.59. The Morgan fingerprint density at radius 3 is 2.67 bits per heavy atom. The molecule has 1 atom stereocenters. The van der Waals surface area contributed by atoms with Crippen molar-refractivity contribution in [2.24, 2.45) is 0 Å². The van der Waals surface area contributed by atoms with Gasteiger partial charge < -0.3 is 5.32 Å². The molecule has 102 valence electrons. The van der Waals surface area contributed by atoms with Crippen molar-refractivity contribution in [2.45, 2.75) is 26.0 Å². The highest BCUT2D eigenvalue weighted by Crippen LogP contribution is 2.25. The Morgan fingerprint density at radius 1 is 1.39 bits per heavy atom. The molecule has 1 aromatic carbocycles. The SMILES string of the molecule is CCNCC(C)S(=O)(=O)Nc1cc(C)ccc1Br. The lowest BCUT2D eigenvalue weighted by atomic mass is 10.2. The molecule has 0 amide bonds. The summed E-state index contributed by atoms with van der Waals surface area (Å²) in [5.74, 6) is 0. The Bertz CT molecular complexity index is 503. The summed E-state index contributed by atoms with van der Waals surface area (Å²) in [5.41, 5.74) is 1.59. The van der Waals surface area contributed by atoms with Gasteiger partial charge in [0.15, 0.2) is 0 Å². The molecule has 0 bridgehead atoms. The molecule has 1 unspecified atom stereocenters. The molecule has 2 N–H and O–H groups in total. The number of rotatable bonds is 6. The molecule has 0 aliphatic rings. The van der Waals surface area contributed by atoms with Gasteiger partial charge in [0.1, 0.15) is 0 Å². The second-order valence-corrected chi connectivity index (χ2v) is 7.20. The second-order valence-electron chi connectivity index (χ2n) is 4.25. The van der Waals surface area contributed by atoms with E-state index in [1.165, 1.54) is 0 Å². The lowest BCUT2D eigenvalue weighted by molar-refractivity contribution is 0.579. The average molecular weight is 335 g/mol. The summed E-state index contributed by atoms with van der Waals surface area (Å²) in [6.45, 7) is 6.76. The maximum Gasteiger partial charge on any atom is 0.236 e. The van der Waals surface area contributed by atoms with Gasteiger partial charge in [-0.25, -0.2) is 8.42 Å². The zero-order valence-electron chi connectivity index (χ0n) is 10.8. The molecule has 0 saturated carbocycles. The quantitative estimate of drug-likeness (QED) is 0.840. The summed E-state index contributed by atoms with van der Waals surface area (Å²) in [4.78, 5) is 0. The van der Waals surface area contributed by atoms with Crippen molar-refractivity contribution >= 4 is 31.6 Å². The molecule has 0 aliphatic heterocycles. The molecule has 0 fully saturated rings. The number of sulfonamides is 1. The fourth-order valence-electron chi connectivity index (χ4n) is 1.43. The zero-order chi connectivity index (χ0) is 13.8. The summed E-state index contributed by atoms with van der Waals surface area (Å²) in [5, 5.41) is 2.55. The summed E-state index contributed by atoms with van der Waals surface area (Å²) in [6.07, 6.45) is 0. The number of benzene rings is 1. The lowest BCUT2D eigenvalue weighted by Crippen LogP contribution is -2.34. The average Bonchev–Trinajstić information content (AvgIpc) is 2.30. The van der Waals surface area contributed by atoms with Crippen LogP contribution in [0.2, 0.25) is 0 Å². The van der Waals surface area contributed by atoms with Gasteiger partial charge in [-0.1, -0.05) is 13.0 Å². The van der Waals surface area contributed by atoms with Crippen molar-refractivity contribution in [3.8, 4) is 0 Å². The van der Waals surface area contributed by atoms with E-state index in [2.05, 4.69) is 26.0 Å². The first-order chi connectivity index (χ1) is 8.36. The molecule has 0 radical (unpaired) electrons. The number of aryl methyl sites for hydroxylation is 1. The third kappa shape index (κ3) is 4.26. The zero-order valence-corrected chi connectivity index (χ0v) is 13.2. The predicted octanol–water partition coefficient (Wildman–Crippen LogP) is 2.50. The van der Waals surface area contributed by atoms with Crippen molar-refractivity contribution in [1.82, 2.24) is 5.32 Å². The Labute approximate surface area is 117 Å². The van der Waals surface area contributed by atoms with Gasteiger partial charge in [-0.15, -0.1) is 0 Å². The molecule has 1 rings (SSSR count). The number of anilines is 1. The van der Waals surface area contributed by atoms with Crippen LogP contribution in [0.15, 0.2) is 22.7 Å². The van der Waals surface area contributed by atoms with E-state index in [1.807, 2.05) is 32.0 Å². The number of halogens is 1. The van der Waals surface area contributed by atoms with Crippen molar-refractivity contribution in [3.05, 3.63) is 28.2 Å². The molecule has 0 aliphatic carbocycles. The molecule has 0 spiro atoms. The minimum Gasteiger partial charge on any atom is -0.316 e. The van der Waals surface area contributed by atoms with Gasteiger partial charge in [0, 0.05) is 11.0 Å². The maximum absolute atomic E-state index is 12.1. The van der Waals surface area contributed by atoms with Crippen molar-refractivity contribution in [2.75, 3.05) is 17.8 Å². The second kappa shape index (κ2) is 6.54. The van der Waals surface area contributed by atoms with Crippen LogP contribution in [0.4, 0.5) is 5.69 Å². The van der Waals surface area contributed by atoms with Crippen LogP contribution in [0.5, 0.6) is 0 Å². The van der Waals surface area contributed by atoms with Crippen LogP contribution < -0.4 is 10.0 Å². The van der Waals surface area contributed by atoms with Crippen LogP contribution in [-0.4, -0.2) is 26.8 Å². The van der Waals surface area contributed by atoms with E-state index in [-0.39, 0.29) is 0 Å². The summed E-state index contributed by atoms with van der Waals surface area (Å²) in [7, 11) is -3.37. The smallest absolute Gasteiger partial charge is 0.236 e. The highest BCUT2D eigenvalue weighted by atomic mass is 79.9. The van der Waals surface area contributed by atoms with Crippen molar-refractivity contribution in [3.63, 3.8) is 0 Å². The first-order valence-electron chi connectivity index (χ1n) is 5.85. The van der Waals surface area contributed by atoms with Gasteiger partial charge in [0.25, 0.3) is 0 Å². The van der Waals surface area contributed by atoms with E-state index in [0.717, 1.165) is 16.6 Å². The van der Waals surface area contributed by atoms with Gasteiger partial charge in [0.05, 0.1) is 10.9 Å². The number of hydrogen-bond donors (Lipinski definition) is 2. The summed E-state index contributed by atoms with van der Waals surface area (Å²) in [6, 6.07) is 5.56. The summed E-state index contributed by atoms with van der Waals surface area (Å²) < 4.78 is 27.6. The minimum absolute atomic E-state index is 0.440. The summed E-state index contributed by atoms with van der Waals surface area (Å²) >= 11 is 3.34. The molecular weight excluding hydrogens is 316 g/mol. The van der Waals surface area contributed by atoms with E-state index >= 15 is 0 Å². The van der Waals surface area contributed by atoms with Gasteiger partial charge in [-0.05, 0) is 54.0 Å². The Kier molecular flexibility index (Phi) is 5.62. The number of nitrogens with one attached hydrogen (secondary N) is 2. The largest absolute Gasteiger partial charge is 0.316 e. The normalized spacial score (nSPS) is 13.3. The van der Waals surface area contributed by atoms with Gasteiger partial charge in [-0.3, -0.25) is 4.72 Å². The van der Waals surface area contributed by atoms with Gasteiger partial charge in [-0.2, -0.15) is 0 Å². The Balaban J connectivity index is 2.85. The van der Waals surface area contributed by atoms with Crippen LogP contribution in [0.1, 0.15) is 19.4 Å². The topological polar surface area (TPSA) is 58.2 Å². The van der Waals surface area contributed by atoms with E-state index in [1.54, 1.807) is 6.92 Å². The standard InChI is InChI=1S/C12H19BrN2O2S/c1-4-14-8-10(3)18(16,17)15-12-7-9(2)5-6-11(12)13/h5-7,10,14-15H,4,8H2,1-3H3. The predicted molar refractivity (Wildman–Crippen MR) is 79.4 cm³/mol. The van der Waals surface area contributed by atoms with E-state index < -0.39 is 15.3 Å². The monoisotopic (exact) mass is 334 g/mol. The highest BCUT2D eigenvalue weighted by Gasteiger charge is 2.20. The maximum atomic E-state index is 12.1. The van der Waals surface area contributed by atoms with E-state index in [9.17, 15) is 8.42 Å². The van der Waals surface area contributed by atoms with Gasteiger partial charge in [0.2, 0.25) is 10.0 Å². The third-order valence-corrected chi connectivity index (χ3v) is 5.01. The Hall–Kier alpha value is -0.590. The first kappa shape index (κ1) is 15.5. The van der Waals surface area contributed by atoms with Crippen LogP contribution >= 0.6 is 15.9 Å². The lowest BCUT2D eigenvalue weighted by Gasteiger charge is -2.16. The van der Waals surface area contributed by atoms with Crippen molar-refractivity contribution in [1.29, 1.82) is 0 Å². The van der Waals surface area contributed by atoms with Crippen molar-refractivity contribution < 1.29 is 8.42 Å². The van der Waals surface area contributed by atoms with E-state index in [0.29, 0.717) is 12.2 Å². The molecule has 18 heavy (non-hydrogen) atoms. The molecule has 4 nitrogen and oxygen atoms in total. The Morgan fingerprint density at radius 2 is 2.06 bits per heavy atom. The highest BCUT2D eigenvalue weighted by molar-refractivity contribution is 9.10. The van der Waals surface area contributed by atoms with Crippen LogP contribution in [-0.2, 0) is 10.0 Å². The molecule has 0 heterocycles. The minimum atomic E-state index is -3.37. The molecular formula is C12H19BrN2O2S. The fraction of sp³-hybridized carbons (Fsp3) is 0.500. The molecule has 6 heteroatoms. The molecule has 0 aromatic heterocycles. The molecule has 1 aromatic rings. The number of hydrogen-bond acceptors (Lipinski definition) is 3. The van der Waals surface area contributed by atoms with Gasteiger partial charge >= 0.3 is 0 Å². The van der Waals surface area contributed by atoms with Crippen LogP contribution in [0, 0.1) is 6.92 Å². The molecule has 0 saturated heterocycles. The first-order valence-corrected chi connectivity index (χ1v) is 8.19. The van der Waals surface area contributed by atoms with Crippen LogP contribution in [0.25, 0.3) is 0 Å². The van der Waals surface area contributed by atoms with E-state index in [4.69, 9.17) is 0 Å². The fourth-order valence-corrected chi connectivity index (χ4v) is 2.92.